The number of hydrogen-bond donors (Lipinski definition) is 1. The molecule has 0 aromatic carbocycles. The van der Waals surface area contributed by atoms with Crippen LogP contribution >= 0.6 is 22.9 Å². The normalized spacial score (nSPS) is 15.7. The minimum Gasteiger partial charge on any atom is -0.393 e. The summed E-state index contributed by atoms with van der Waals surface area (Å²) in [6.45, 7) is 3.95. The van der Waals surface area contributed by atoms with Crippen molar-refractivity contribution in [2.24, 2.45) is 5.92 Å². The summed E-state index contributed by atoms with van der Waals surface area (Å²) in [7, 11) is 0. The van der Waals surface area contributed by atoms with Gasteiger partial charge in [-0.3, -0.25) is 0 Å². The average molecular weight is 219 g/mol. The number of hydrogen-bond acceptors (Lipinski definition) is 2. The number of aliphatic hydroxyl groups excluding tert-OH is 1. The van der Waals surface area contributed by atoms with Gasteiger partial charge in [-0.25, -0.2) is 0 Å². The van der Waals surface area contributed by atoms with E-state index in [0.29, 0.717) is 5.92 Å². The lowest BCUT2D eigenvalue weighted by molar-refractivity contribution is 0.123. The van der Waals surface area contributed by atoms with Crippen molar-refractivity contribution in [3.8, 4) is 0 Å². The number of rotatable bonds is 4. The van der Waals surface area contributed by atoms with Crippen molar-refractivity contribution in [1.29, 1.82) is 0 Å². The first-order chi connectivity index (χ1) is 6.13. The Bertz CT molecular complexity index is 257. The predicted octanol–water partition coefficient (Wildman–Crippen LogP) is 3.35. The number of aliphatic hydroxyl groups is 1. The Morgan fingerprint density at radius 1 is 1.54 bits per heavy atom. The van der Waals surface area contributed by atoms with Crippen LogP contribution in [0.3, 0.4) is 0 Å². The van der Waals surface area contributed by atoms with Gasteiger partial charge in [0, 0.05) is 4.88 Å². The maximum absolute atomic E-state index is 9.45. The molecule has 0 saturated carbocycles. The zero-order valence-corrected chi connectivity index (χ0v) is 9.53. The van der Waals surface area contributed by atoms with Crippen LogP contribution in [0.15, 0.2) is 12.1 Å². The van der Waals surface area contributed by atoms with E-state index in [2.05, 4.69) is 6.92 Å². The van der Waals surface area contributed by atoms with E-state index >= 15 is 0 Å². The highest BCUT2D eigenvalue weighted by Crippen LogP contribution is 2.25. The predicted molar refractivity (Wildman–Crippen MR) is 58.5 cm³/mol. The molecule has 1 rings (SSSR count). The standard InChI is InChI=1S/C10H15ClOS/c1-3-8(7(2)12)6-9-4-5-10(11)13-9/h4-5,7-8,12H,3,6H2,1-2H3. The molecule has 0 aliphatic heterocycles. The van der Waals surface area contributed by atoms with Gasteiger partial charge >= 0.3 is 0 Å². The molecule has 2 atom stereocenters. The summed E-state index contributed by atoms with van der Waals surface area (Å²) in [5.74, 6) is 0.356. The van der Waals surface area contributed by atoms with Crippen molar-refractivity contribution in [1.82, 2.24) is 0 Å². The fraction of sp³-hybridized carbons (Fsp3) is 0.600. The van der Waals surface area contributed by atoms with Crippen molar-refractivity contribution in [3.05, 3.63) is 21.3 Å². The largest absolute Gasteiger partial charge is 0.393 e. The minimum absolute atomic E-state index is 0.231. The highest BCUT2D eigenvalue weighted by Gasteiger charge is 2.14. The van der Waals surface area contributed by atoms with Crippen LogP contribution in [0.5, 0.6) is 0 Å². The highest BCUT2D eigenvalue weighted by molar-refractivity contribution is 7.16. The van der Waals surface area contributed by atoms with Crippen molar-refractivity contribution in [2.75, 3.05) is 0 Å². The van der Waals surface area contributed by atoms with Crippen LogP contribution in [0, 0.1) is 5.92 Å². The van der Waals surface area contributed by atoms with Gasteiger partial charge in [-0.2, -0.15) is 0 Å². The lowest BCUT2D eigenvalue weighted by atomic mass is 9.96. The maximum atomic E-state index is 9.45. The van der Waals surface area contributed by atoms with E-state index < -0.39 is 0 Å². The molecule has 1 heterocycles. The third kappa shape index (κ3) is 3.29. The first-order valence-electron chi connectivity index (χ1n) is 4.55. The summed E-state index contributed by atoms with van der Waals surface area (Å²) >= 11 is 7.43. The molecule has 0 aliphatic rings. The van der Waals surface area contributed by atoms with Crippen LogP contribution < -0.4 is 0 Å². The number of halogens is 1. The molecular weight excluding hydrogens is 204 g/mol. The van der Waals surface area contributed by atoms with Crippen molar-refractivity contribution < 1.29 is 5.11 Å². The van der Waals surface area contributed by atoms with Gasteiger partial charge < -0.3 is 5.11 Å². The van der Waals surface area contributed by atoms with Crippen LogP contribution in [0.4, 0.5) is 0 Å². The molecule has 0 saturated heterocycles. The Morgan fingerprint density at radius 3 is 2.62 bits per heavy atom. The second-order valence-electron chi connectivity index (χ2n) is 3.32. The third-order valence-corrected chi connectivity index (χ3v) is 3.55. The number of thiophene rings is 1. The molecule has 0 aliphatic carbocycles. The van der Waals surface area contributed by atoms with Crippen LogP contribution in [0.2, 0.25) is 4.34 Å². The van der Waals surface area contributed by atoms with E-state index in [1.807, 2.05) is 19.1 Å². The Morgan fingerprint density at radius 2 is 2.23 bits per heavy atom. The summed E-state index contributed by atoms with van der Waals surface area (Å²) in [6.07, 6.45) is 1.71. The fourth-order valence-corrected chi connectivity index (χ4v) is 2.56. The SMILES string of the molecule is CCC(Cc1ccc(Cl)s1)C(C)O. The molecule has 0 spiro atoms. The summed E-state index contributed by atoms with van der Waals surface area (Å²) in [5.41, 5.74) is 0. The van der Waals surface area contributed by atoms with E-state index in [-0.39, 0.29) is 6.10 Å². The smallest absolute Gasteiger partial charge is 0.0931 e. The Labute approximate surface area is 88.4 Å². The summed E-state index contributed by atoms with van der Waals surface area (Å²) in [6, 6.07) is 3.95. The van der Waals surface area contributed by atoms with Gasteiger partial charge in [0.15, 0.2) is 0 Å². The van der Waals surface area contributed by atoms with Crippen molar-refractivity contribution >= 4 is 22.9 Å². The van der Waals surface area contributed by atoms with E-state index in [4.69, 9.17) is 11.6 Å². The van der Waals surface area contributed by atoms with Gasteiger partial charge in [0.2, 0.25) is 0 Å². The van der Waals surface area contributed by atoms with Gasteiger partial charge in [0.1, 0.15) is 0 Å². The van der Waals surface area contributed by atoms with Gasteiger partial charge in [-0.1, -0.05) is 24.9 Å². The second kappa shape index (κ2) is 4.99. The van der Waals surface area contributed by atoms with Crippen LogP contribution in [0.1, 0.15) is 25.1 Å². The fourth-order valence-electron chi connectivity index (χ4n) is 1.38. The van der Waals surface area contributed by atoms with Crippen LogP contribution in [-0.2, 0) is 6.42 Å². The lowest BCUT2D eigenvalue weighted by Gasteiger charge is -2.16. The van der Waals surface area contributed by atoms with Crippen molar-refractivity contribution in [2.45, 2.75) is 32.8 Å². The minimum atomic E-state index is -0.231. The van der Waals surface area contributed by atoms with Gasteiger partial charge in [-0.15, -0.1) is 11.3 Å². The molecule has 0 radical (unpaired) electrons. The Hall–Kier alpha value is -0.0500. The van der Waals surface area contributed by atoms with Gasteiger partial charge in [0.05, 0.1) is 10.4 Å². The van der Waals surface area contributed by atoms with Gasteiger partial charge in [-0.05, 0) is 31.4 Å². The molecule has 0 amide bonds. The second-order valence-corrected chi connectivity index (χ2v) is 5.12. The molecule has 0 bridgehead atoms. The Balaban J connectivity index is 2.56. The van der Waals surface area contributed by atoms with Crippen LogP contribution in [-0.4, -0.2) is 11.2 Å². The summed E-state index contributed by atoms with van der Waals surface area (Å²) in [4.78, 5) is 1.26. The van der Waals surface area contributed by atoms with E-state index in [1.54, 1.807) is 11.3 Å². The maximum Gasteiger partial charge on any atom is 0.0931 e. The first kappa shape index (κ1) is 11.0. The quantitative estimate of drug-likeness (QED) is 0.822. The average Bonchev–Trinajstić information content (AvgIpc) is 2.46. The van der Waals surface area contributed by atoms with E-state index in [9.17, 15) is 5.11 Å². The highest BCUT2D eigenvalue weighted by atomic mass is 35.5. The molecule has 0 fully saturated rings. The van der Waals surface area contributed by atoms with E-state index in [1.165, 1.54) is 4.88 Å². The molecule has 1 nitrogen and oxygen atoms in total. The molecule has 1 N–H and O–H groups in total. The molecule has 13 heavy (non-hydrogen) atoms. The van der Waals surface area contributed by atoms with Crippen molar-refractivity contribution in [3.63, 3.8) is 0 Å². The monoisotopic (exact) mass is 218 g/mol. The summed E-state index contributed by atoms with van der Waals surface area (Å²) in [5, 5.41) is 9.45. The molecule has 74 valence electrons. The molecule has 3 heteroatoms. The topological polar surface area (TPSA) is 20.2 Å². The molecular formula is C10H15ClOS. The first-order valence-corrected chi connectivity index (χ1v) is 5.75. The molecule has 2 unspecified atom stereocenters. The lowest BCUT2D eigenvalue weighted by Crippen LogP contribution is -2.17. The Kier molecular flexibility index (Phi) is 4.23. The van der Waals surface area contributed by atoms with E-state index in [0.717, 1.165) is 17.2 Å². The summed E-state index contributed by atoms with van der Waals surface area (Å²) < 4.78 is 0.829. The zero-order valence-electron chi connectivity index (χ0n) is 7.96. The molecule has 1 aromatic rings. The van der Waals surface area contributed by atoms with Gasteiger partial charge in [0.25, 0.3) is 0 Å². The van der Waals surface area contributed by atoms with Crippen LogP contribution in [0.25, 0.3) is 0 Å². The third-order valence-electron chi connectivity index (χ3n) is 2.30. The molecule has 1 aromatic heterocycles. The zero-order chi connectivity index (χ0) is 9.84.